The first-order valence-corrected chi connectivity index (χ1v) is 9.01. The van der Waals surface area contributed by atoms with Gasteiger partial charge in [-0.1, -0.05) is 57.5 Å². The Labute approximate surface area is 145 Å². The number of unbranched alkanes of at least 4 members (excludes halogenated alkanes) is 1. The molecule has 1 aliphatic rings. The van der Waals surface area contributed by atoms with Gasteiger partial charge in [0.2, 0.25) is 0 Å². The highest BCUT2D eigenvalue weighted by atomic mass is 16.5. The molecule has 1 N–H and O–H groups in total. The van der Waals surface area contributed by atoms with Crippen LogP contribution in [-0.2, 0) is 16.0 Å². The average molecular weight is 330 g/mol. The molecule has 2 unspecified atom stereocenters. The maximum Gasteiger partial charge on any atom is 0.309 e. The molecular weight excluding hydrogens is 300 g/mol. The monoisotopic (exact) mass is 330 g/mol. The number of methoxy groups -OCH3 is 1. The van der Waals surface area contributed by atoms with Crippen molar-refractivity contribution in [2.75, 3.05) is 7.11 Å². The lowest BCUT2D eigenvalue weighted by Gasteiger charge is -2.39. The summed E-state index contributed by atoms with van der Waals surface area (Å²) >= 11 is 0. The molecule has 0 spiro atoms. The van der Waals surface area contributed by atoms with E-state index >= 15 is 0 Å². The zero-order valence-corrected chi connectivity index (χ0v) is 15.3. The number of carbonyl (C=O) groups is 1. The van der Waals surface area contributed by atoms with Gasteiger partial charge in [0.1, 0.15) is 0 Å². The molecule has 0 amide bonds. The third kappa shape index (κ3) is 3.89. The first-order valence-electron chi connectivity index (χ1n) is 9.01. The van der Waals surface area contributed by atoms with Crippen molar-refractivity contribution in [2.24, 2.45) is 11.8 Å². The number of hydrogen-bond donors (Lipinski definition) is 1. The summed E-state index contributed by atoms with van der Waals surface area (Å²) in [5.41, 5.74) is 2.33. The Morgan fingerprint density at radius 2 is 2.08 bits per heavy atom. The van der Waals surface area contributed by atoms with Gasteiger partial charge in [-0.25, -0.2) is 0 Å². The lowest BCUT2D eigenvalue weighted by Crippen LogP contribution is -2.42. The fourth-order valence-electron chi connectivity index (χ4n) is 3.61. The molecule has 1 aromatic rings. The second-order valence-electron chi connectivity index (χ2n) is 7.18. The molecule has 0 bridgehead atoms. The highest BCUT2D eigenvalue weighted by molar-refractivity contribution is 5.74. The molecule has 0 aromatic heterocycles. The molecule has 0 heterocycles. The van der Waals surface area contributed by atoms with Crippen molar-refractivity contribution in [3.05, 3.63) is 41.0 Å². The van der Waals surface area contributed by atoms with Gasteiger partial charge in [0.25, 0.3) is 0 Å². The second kappa shape index (κ2) is 7.98. The van der Waals surface area contributed by atoms with Gasteiger partial charge in [-0.05, 0) is 48.3 Å². The molecule has 0 saturated heterocycles. The van der Waals surface area contributed by atoms with E-state index in [0.717, 1.165) is 36.0 Å². The SMILES string of the molecule is CCCCC1=Cc2ccccc2CC(C(=O)OC)CC1(O)C(C)C. The van der Waals surface area contributed by atoms with Crippen LogP contribution in [0, 0.1) is 11.8 Å². The number of benzene rings is 1. The number of ether oxygens (including phenoxy) is 1. The topological polar surface area (TPSA) is 46.5 Å². The van der Waals surface area contributed by atoms with Crippen LogP contribution in [0.1, 0.15) is 57.6 Å². The van der Waals surface area contributed by atoms with E-state index in [-0.39, 0.29) is 17.8 Å². The molecule has 3 heteroatoms. The zero-order chi connectivity index (χ0) is 17.7. The second-order valence-corrected chi connectivity index (χ2v) is 7.18. The first-order chi connectivity index (χ1) is 11.4. The minimum absolute atomic E-state index is 0.0398. The van der Waals surface area contributed by atoms with E-state index in [0.29, 0.717) is 12.8 Å². The van der Waals surface area contributed by atoms with E-state index < -0.39 is 5.60 Å². The summed E-state index contributed by atoms with van der Waals surface area (Å²) in [7, 11) is 1.43. The third-order valence-electron chi connectivity index (χ3n) is 5.25. The molecule has 0 aliphatic heterocycles. The van der Waals surface area contributed by atoms with Gasteiger partial charge in [-0.15, -0.1) is 0 Å². The van der Waals surface area contributed by atoms with Gasteiger partial charge >= 0.3 is 5.97 Å². The van der Waals surface area contributed by atoms with Crippen LogP contribution in [0.15, 0.2) is 29.8 Å². The third-order valence-corrected chi connectivity index (χ3v) is 5.25. The summed E-state index contributed by atoms with van der Waals surface area (Å²) in [6, 6.07) is 8.15. The highest BCUT2D eigenvalue weighted by Crippen LogP contribution is 2.40. The standard InChI is InChI=1S/C21H30O3/c1-5-6-11-19-13-17-10-8-7-9-16(17)12-18(20(22)24-4)14-21(19,23)15(2)3/h7-10,13,15,18,23H,5-6,11-12,14H2,1-4H3. The Balaban J connectivity index is 2.56. The highest BCUT2D eigenvalue weighted by Gasteiger charge is 2.40. The average Bonchev–Trinajstić information content (AvgIpc) is 2.56. The predicted molar refractivity (Wildman–Crippen MR) is 97.6 cm³/mol. The summed E-state index contributed by atoms with van der Waals surface area (Å²) in [6.45, 7) is 6.21. The largest absolute Gasteiger partial charge is 0.469 e. The van der Waals surface area contributed by atoms with Gasteiger partial charge in [-0.2, -0.15) is 0 Å². The summed E-state index contributed by atoms with van der Waals surface area (Å²) in [4.78, 5) is 12.3. The lowest BCUT2D eigenvalue weighted by molar-refractivity contribution is -0.148. The van der Waals surface area contributed by atoms with Crippen LogP contribution in [0.25, 0.3) is 6.08 Å². The molecule has 24 heavy (non-hydrogen) atoms. The van der Waals surface area contributed by atoms with Crippen molar-refractivity contribution in [3.63, 3.8) is 0 Å². The van der Waals surface area contributed by atoms with Crippen molar-refractivity contribution < 1.29 is 14.6 Å². The number of aliphatic hydroxyl groups is 1. The molecule has 2 atom stereocenters. The maximum absolute atomic E-state index is 12.3. The van der Waals surface area contributed by atoms with Crippen molar-refractivity contribution in [2.45, 2.75) is 58.5 Å². The molecule has 3 nitrogen and oxygen atoms in total. The van der Waals surface area contributed by atoms with Crippen molar-refractivity contribution >= 4 is 12.0 Å². The quantitative estimate of drug-likeness (QED) is 0.815. The molecule has 0 fully saturated rings. The molecule has 0 radical (unpaired) electrons. The number of hydrogen-bond acceptors (Lipinski definition) is 3. The minimum Gasteiger partial charge on any atom is -0.469 e. The number of carbonyl (C=O) groups excluding carboxylic acids is 1. The van der Waals surface area contributed by atoms with Crippen LogP contribution >= 0.6 is 0 Å². The van der Waals surface area contributed by atoms with Crippen LogP contribution in [0.2, 0.25) is 0 Å². The Morgan fingerprint density at radius 3 is 2.71 bits per heavy atom. The van der Waals surface area contributed by atoms with Gasteiger partial charge in [0.15, 0.2) is 0 Å². The molecule has 0 saturated carbocycles. The summed E-state index contributed by atoms with van der Waals surface area (Å²) in [5, 5.41) is 11.5. The summed E-state index contributed by atoms with van der Waals surface area (Å²) in [6.07, 6.45) is 6.14. The number of esters is 1. The van der Waals surface area contributed by atoms with Crippen molar-refractivity contribution in [1.82, 2.24) is 0 Å². The molecule has 1 aliphatic carbocycles. The lowest BCUT2D eigenvalue weighted by atomic mass is 9.71. The van der Waals surface area contributed by atoms with Crippen molar-refractivity contribution in [1.29, 1.82) is 0 Å². The fourth-order valence-corrected chi connectivity index (χ4v) is 3.61. The van der Waals surface area contributed by atoms with Crippen LogP contribution in [0.3, 0.4) is 0 Å². The molecule has 1 aromatic carbocycles. The zero-order valence-electron chi connectivity index (χ0n) is 15.3. The van der Waals surface area contributed by atoms with E-state index in [1.165, 1.54) is 7.11 Å². The Kier molecular flexibility index (Phi) is 6.22. The Morgan fingerprint density at radius 1 is 1.38 bits per heavy atom. The maximum atomic E-state index is 12.3. The van der Waals surface area contributed by atoms with E-state index in [1.807, 2.05) is 26.0 Å². The van der Waals surface area contributed by atoms with Crippen LogP contribution < -0.4 is 0 Å². The van der Waals surface area contributed by atoms with E-state index in [2.05, 4.69) is 25.1 Å². The van der Waals surface area contributed by atoms with Crippen LogP contribution in [0.5, 0.6) is 0 Å². The molecule has 2 rings (SSSR count). The first kappa shape index (κ1) is 18.7. The van der Waals surface area contributed by atoms with Crippen LogP contribution in [0.4, 0.5) is 0 Å². The van der Waals surface area contributed by atoms with Crippen molar-refractivity contribution in [3.8, 4) is 0 Å². The Bertz CT molecular complexity index is 603. The van der Waals surface area contributed by atoms with E-state index in [1.54, 1.807) is 0 Å². The van der Waals surface area contributed by atoms with Crippen LogP contribution in [-0.4, -0.2) is 23.8 Å². The van der Waals surface area contributed by atoms with Gasteiger partial charge in [0, 0.05) is 0 Å². The van der Waals surface area contributed by atoms with Gasteiger partial charge < -0.3 is 9.84 Å². The normalized spacial score (nSPS) is 23.9. The fraction of sp³-hybridized carbons (Fsp3) is 0.571. The molecule has 132 valence electrons. The summed E-state index contributed by atoms with van der Waals surface area (Å²) in [5.74, 6) is -0.521. The van der Waals surface area contributed by atoms with E-state index in [9.17, 15) is 9.90 Å². The van der Waals surface area contributed by atoms with Gasteiger partial charge in [0.05, 0.1) is 18.6 Å². The number of fused-ring (bicyclic) bond motifs is 1. The number of rotatable bonds is 5. The summed E-state index contributed by atoms with van der Waals surface area (Å²) < 4.78 is 5.02. The van der Waals surface area contributed by atoms with Gasteiger partial charge in [-0.3, -0.25) is 4.79 Å². The minimum atomic E-state index is -0.971. The Hall–Kier alpha value is -1.61. The molecular formula is C21H30O3. The smallest absolute Gasteiger partial charge is 0.309 e. The predicted octanol–water partition coefficient (Wildman–Crippen LogP) is 4.38. The van der Waals surface area contributed by atoms with E-state index in [4.69, 9.17) is 4.74 Å².